The van der Waals surface area contributed by atoms with Crippen LogP contribution in [0.1, 0.15) is 24.5 Å². The molecule has 3 N–H and O–H groups in total. The van der Waals surface area contributed by atoms with Gasteiger partial charge in [0, 0.05) is 17.6 Å². The van der Waals surface area contributed by atoms with Crippen molar-refractivity contribution >= 4 is 28.5 Å². The van der Waals surface area contributed by atoms with E-state index in [-0.39, 0.29) is 12.4 Å². The van der Waals surface area contributed by atoms with Gasteiger partial charge in [0.05, 0.1) is 12.8 Å². The number of hydrogen-bond donors (Lipinski definition) is 2. The van der Waals surface area contributed by atoms with Crippen LogP contribution in [0.4, 0.5) is 15.3 Å². The predicted octanol–water partition coefficient (Wildman–Crippen LogP) is 3.24. The molecule has 0 atom stereocenters. The lowest BCUT2D eigenvalue weighted by atomic mass is 10.1. The zero-order chi connectivity index (χ0) is 15.1. The molecule has 2 rings (SSSR count). The van der Waals surface area contributed by atoms with Gasteiger partial charge in [0.1, 0.15) is 11.6 Å². The van der Waals surface area contributed by atoms with Gasteiger partial charge >= 0.3 is 0 Å². The summed E-state index contributed by atoms with van der Waals surface area (Å²) in [7, 11) is 0. The van der Waals surface area contributed by atoms with Crippen molar-refractivity contribution in [3.8, 4) is 0 Å². The van der Waals surface area contributed by atoms with Crippen LogP contribution in [-0.4, -0.2) is 17.8 Å². The highest BCUT2D eigenvalue weighted by Crippen LogP contribution is 2.16. The number of nitrogens with one attached hydrogen (secondary N) is 1. The number of benzene rings is 1. The Morgan fingerprint density at radius 2 is 2.38 bits per heavy atom. The average molecular weight is 308 g/mol. The Bertz CT molecular complexity index is 615. The number of ether oxygens (including phenoxy) is 1. The second kappa shape index (κ2) is 7.70. The van der Waals surface area contributed by atoms with Crippen LogP contribution >= 0.6 is 11.3 Å². The Hall–Kier alpha value is -1.99. The molecule has 0 aliphatic rings. The largest absolute Gasteiger partial charge is 0.383 e. The first-order chi connectivity index (χ1) is 10.2. The molecule has 5 nitrogen and oxygen atoms in total. The third kappa shape index (κ3) is 4.80. The lowest BCUT2D eigenvalue weighted by Gasteiger charge is -2.05. The van der Waals surface area contributed by atoms with Gasteiger partial charge in [-0.1, -0.05) is 19.1 Å². The zero-order valence-corrected chi connectivity index (χ0v) is 12.5. The van der Waals surface area contributed by atoms with Crippen molar-refractivity contribution in [2.24, 2.45) is 5.10 Å². The van der Waals surface area contributed by atoms with Crippen LogP contribution < -0.4 is 11.2 Å². The summed E-state index contributed by atoms with van der Waals surface area (Å²) in [5, 5.41) is 6.29. The van der Waals surface area contributed by atoms with E-state index in [1.807, 2.05) is 6.92 Å². The molecule has 0 aliphatic carbocycles. The molecule has 1 heterocycles. The Labute approximate surface area is 126 Å². The molecule has 0 aliphatic heterocycles. The second-order valence-electron chi connectivity index (χ2n) is 4.35. The fraction of sp³-hybridized carbons (Fsp3) is 0.286. The minimum Gasteiger partial charge on any atom is -0.383 e. The van der Waals surface area contributed by atoms with E-state index in [2.05, 4.69) is 15.5 Å². The summed E-state index contributed by atoms with van der Waals surface area (Å²) in [6.45, 7) is 2.93. The fourth-order valence-electron chi connectivity index (χ4n) is 1.59. The third-order valence-electron chi connectivity index (χ3n) is 2.58. The molecule has 0 radical (unpaired) electrons. The maximum Gasteiger partial charge on any atom is 0.205 e. The first-order valence-corrected chi connectivity index (χ1v) is 7.43. The van der Waals surface area contributed by atoms with Crippen LogP contribution in [-0.2, 0) is 11.3 Å². The highest BCUT2D eigenvalue weighted by Gasteiger charge is 2.03. The van der Waals surface area contributed by atoms with Gasteiger partial charge in [-0.05, 0) is 18.1 Å². The molecular weight excluding hydrogens is 291 g/mol. The fourth-order valence-corrected chi connectivity index (χ4v) is 2.14. The topological polar surface area (TPSA) is 72.5 Å². The van der Waals surface area contributed by atoms with E-state index in [1.165, 1.54) is 23.6 Å². The quantitative estimate of drug-likeness (QED) is 0.468. The van der Waals surface area contributed by atoms with Crippen molar-refractivity contribution in [3.05, 3.63) is 40.5 Å². The van der Waals surface area contributed by atoms with Crippen LogP contribution in [0.2, 0.25) is 0 Å². The number of nitrogen functional groups attached to an aromatic ring is 1. The molecule has 0 unspecified atom stereocenters. The third-order valence-corrected chi connectivity index (χ3v) is 3.34. The van der Waals surface area contributed by atoms with Gasteiger partial charge in [0.2, 0.25) is 5.13 Å². The molecule has 21 heavy (non-hydrogen) atoms. The highest BCUT2D eigenvalue weighted by molar-refractivity contribution is 7.14. The summed E-state index contributed by atoms with van der Waals surface area (Å²) in [4.78, 5) is 4.00. The molecule has 0 saturated carbocycles. The summed E-state index contributed by atoms with van der Waals surface area (Å²) in [6, 6.07) is 4.91. The van der Waals surface area contributed by atoms with Gasteiger partial charge < -0.3 is 10.5 Å². The van der Waals surface area contributed by atoms with Gasteiger partial charge in [0.25, 0.3) is 0 Å². The Kier molecular flexibility index (Phi) is 5.65. The smallest absolute Gasteiger partial charge is 0.205 e. The maximum atomic E-state index is 13.8. The molecule has 0 bridgehead atoms. The van der Waals surface area contributed by atoms with Crippen LogP contribution in [0, 0.1) is 5.82 Å². The molecule has 0 saturated heterocycles. The van der Waals surface area contributed by atoms with Gasteiger partial charge in [-0.2, -0.15) is 5.10 Å². The first-order valence-electron chi connectivity index (χ1n) is 6.55. The van der Waals surface area contributed by atoms with E-state index in [1.54, 1.807) is 17.5 Å². The molecule has 0 amide bonds. The summed E-state index contributed by atoms with van der Waals surface area (Å²) in [5.74, 6) is 0.147. The summed E-state index contributed by atoms with van der Waals surface area (Å²) < 4.78 is 19.2. The Morgan fingerprint density at radius 1 is 1.52 bits per heavy atom. The number of halogens is 1. The van der Waals surface area contributed by atoms with Crippen molar-refractivity contribution in [3.63, 3.8) is 0 Å². The first kappa shape index (κ1) is 15.4. The van der Waals surface area contributed by atoms with E-state index in [4.69, 9.17) is 10.5 Å². The van der Waals surface area contributed by atoms with E-state index in [9.17, 15) is 4.39 Å². The summed E-state index contributed by atoms with van der Waals surface area (Å²) in [6.07, 6.45) is 2.44. The normalized spacial score (nSPS) is 11.1. The number of rotatable bonds is 7. The average Bonchev–Trinajstić information content (AvgIpc) is 2.87. The minimum atomic E-state index is -0.298. The van der Waals surface area contributed by atoms with Crippen LogP contribution in [0.15, 0.2) is 28.7 Å². The SMILES string of the molecule is CCCOCc1ccc(C=NNc2nc(N)cs2)cc1F. The molecule has 112 valence electrons. The number of hydrazone groups is 1. The highest BCUT2D eigenvalue weighted by atomic mass is 32.1. The number of nitrogens with two attached hydrogens (primary N) is 1. The summed E-state index contributed by atoms with van der Waals surface area (Å²) >= 11 is 1.35. The molecule has 7 heteroatoms. The van der Waals surface area contributed by atoms with Crippen molar-refractivity contribution in [2.75, 3.05) is 17.8 Å². The predicted molar refractivity (Wildman–Crippen MR) is 84.1 cm³/mol. The maximum absolute atomic E-state index is 13.8. The molecule has 0 fully saturated rings. The van der Waals surface area contributed by atoms with Crippen molar-refractivity contribution in [1.29, 1.82) is 0 Å². The molecule has 1 aromatic carbocycles. The van der Waals surface area contributed by atoms with E-state index in [0.29, 0.717) is 28.7 Å². The van der Waals surface area contributed by atoms with Crippen molar-refractivity contribution < 1.29 is 9.13 Å². The van der Waals surface area contributed by atoms with Crippen LogP contribution in [0.5, 0.6) is 0 Å². The van der Waals surface area contributed by atoms with Crippen LogP contribution in [0.3, 0.4) is 0 Å². The minimum absolute atomic E-state index is 0.285. The molecular formula is C14H17FN4OS. The number of anilines is 2. The van der Waals surface area contributed by atoms with Gasteiger partial charge in [0.15, 0.2) is 0 Å². The van der Waals surface area contributed by atoms with E-state index < -0.39 is 0 Å². The number of thiazole rings is 1. The monoisotopic (exact) mass is 308 g/mol. The Balaban J connectivity index is 1.93. The van der Waals surface area contributed by atoms with E-state index >= 15 is 0 Å². The van der Waals surface area contributed by atoms with Crippen molar-refractivity contribution in [2.45, 2.75) is 20.0 Å². The standard InChI is InChI=1S/C14H17FN4OS/c1-2-5-20-8-11-4-3-10(6-12(11)15)7-17-19-14-18-13(16)9-21-14/h3-4,6-7,9H,2,5,8,16H2,1H3,(H,18,19). The number of hydrogen-bond acceptors (Lipinski definition) is 6. The van der Waals surface area contributed by atoms with Gasteiger partial charge in [-0.25, -0.2) is 9.37 Å². The molecule has 2 aromatic rings. The number of nitrogens with zero attached hydrogens (tertiary/aromatic N) is 2. The lowest BCUT2D eigenvalue weighted by Crippen LogP contribution is -1.98. The molecule has 1 aromatic heterocycles. The lowest BCUT2D eigenvalue weighted by molar-refractivity contribution is 0.119. The summed E-state index contributed by atoms with van der Waals surface area (Å²) in [5.41, 5.74) is 9.43. The van der Waals surface area contributed by atoms with E-state index in [0.717, 1.165) is 6.42 Å². The zero-order valence-electron chi connectivity index (χ0n) is 11.7. The van der Waals surface area contributed by atoms with Crippen LogP contribution in [0.25, 0.3) is 0 Å². The Morgan fingerprint density at radius 3 is 3.05 bits per heavy atom. The second-order valence-corrected chi connectivity index (χ2v) is 5.21. The van der Waals surface area contributed by atoms with Gasteiger partial charge in [-0.3, -0.25) is 5.43 Å². The molecule has 0 spiro atoms. The van der Waals surface area contributed by atoms with Gasteiger partial charge in [-0.15, -0.1) is 11.3 Å². The van der Waals surface area contributed by atoms with Crippen molar-refractivity contribution in [1.82, 2.24) is 4.98 Å². The number of aromatic nitrogens is 1.